The van der Waals surface area contributed by atoms with Gasteiger partial charge in [-0.15, -0.1) is 5.10 Å². The quantitative estimate of drug-likeness (QED) is 0.427. The number of rotatable bonds is 8. The van der Waals surface area contributed by atoms with E-state index in [-0.39, 0.29) is 0 Å². The molecule has 0 bridgehead atoms. The van der Waals surface area contributed by atoms with Gasteiger partial charge in [-0.25, -0.2) is 0 Å². The highest BCUT2D eigenvalue weighted by molar-refractivity contribution is 5.56. The molecule has 1 N–H and O–H groups in total. The van der Waals surface area contributed by atoms with E-state index in [1.54, 1.807) is 6.20 Å². The average Bonchev–Trinajstić information content (AvgIpc) is 2.80. The minimum atomic E-state index is 0.454. The van der Waals surface area contributed by atoms with Gasteiger partial charge < -0.3 is 15.0 Å². The normalized spacial score (nSPS) is 10.4. The molecule has 6 nitrogen and oxygen atoms in total. The highest BCUT2D eigenvalue weighted by Gasteiger charge is 2.09. The van der Waals surface area contributed by atoms with E-state index >= 15 is 0 Å². The Balaban J connectivity index is 1.43. The lowest BCUT2D eigenvalue weighted by Gasteiger charge is -2.21. The van der Waals surface area contributed by atoms with Gasteiger partial charge in [-0.05, 0) is 48.9 Å². The molecule has 0 spiro atoms. The van der Waals surface area contributed by atoms with Crippen molar-refractivity contribution < 1.29 is 4.74 Å². The van der Waals surface area contributed by atoms with Gasteiger partial charge in [0.25, 0.3) is 0 Å². The number of nitrogens with one attached hydrogen (secondary N) is 1. The maximum atomic E-state index is 5.83. The molecule has 0 amide bonds. The third kappa shape index (κ3) is 5.11. The molecule has 1 aromatic heterocycles. The first-order valence-electron chi connectivity index (χ1n) is 9.89. The van der Waals surface area contributed by atoms with Gasteiger partial charge >= 0.3 is 0 Å². The number of benzene rings is 3. The summed E-state index contributed by atoms with van der Waals surface area (Å²) in [7, 11) is 0. The van der Waals surface area contributed by atoms with Crippen LogP contribution in [0.5, 0.6) is 11.5 Å². The van der Waals surface area contributed by atoms with Crippen molar-refractivity contribution in [3.8, 4) is 11.5 Å². The van der Waals surface area contributed by atoms with Crippen molar-refractivity contribution in [3.63, 3.8) is 0 Å². The third-order valence-corrected chi connectivity index (χ3v) is 4.56. The van der Waals surface area contributed by atoms with Gasteiger partial charge in [0.05, 0.1) is 6.20 Å². The summed E-state index contributed by atoms with van der Waals surface area (Å²) < 4.78 is 5.83. The average molecular weight is 397 g/mol. The fraction of sp³-hybridized carbons (Fsp3) is 0.125. The Morgan fingerprint density at radius 1 is 0.833 bits per heavy atom. The van der Waals surface area contributed by atoms with E-state index in [0.717, 1.165) is 36.1 Å². The van der Waals surface area contributed by atoms with Crippen molar-refractivity contribution in [2.24, 2.45) is 0 Å². The van der Waals surface area contributed by atoms with Crippen LogP contribution < -0.4 is 15.0 Å². The van der Waals surface area contributed by atoms with E-state index in [0.29, 0.717) is 5.95 Å². The molecule has 150 valence electrons. The van der Waals surface area contributed by atoms with Crippen molar-refractivity contribution in [3.05, 3.63) is 96.7 Å². The fourth-order valence-corrected chi connectivity index (χ4v) is 3.02. The van der Waals surface area contributed by atoms with Crippen LogP contribution in [0.1, 0.15) is 12.5 Å². The Morgan fingerprint density at radius 2 is 1.50 bits per heavy atom. The van der Waals surface area contributed by atoms with Gasteiger partial charge in [0, 0.05) is 18.8 Å². The molecule has 1 heterocycles. The van der Waals surface area contributed by atoms with Crippen LogP contribution in [-0.2, 0) is 6.54 Å². The monoisotopic (exact) mass is 397 g/mol. The van der Waals surface area contributed by atoms with E-state index in [2.05, 4.69) is 44.5 Å². The number of para-hydroxylation sites is 1. The Hall–Kier alpha value is -3.93. The molecule has 0 unspecified atom stereocenters. The summed E-state index contributed by atoms with van der Waals surface area (Å²) in [6.07, 6.45) is 1.69. The van der Waals surface area contributed by atoms with Gasteiger partial charge in [0.2, 0.25) is 5.95 Å². The molecule has 0 atom stereocenters. The largest absolute Gasteiger partial charge is 0.457 e. The lowest BCUT2D eigenvalue weighted by atomic mass is 10.2. The smallest absolute Gasteiger partial charge is 0.249 e. The fourth-order valence-electron chi connectivity index (χ4n) is 3.02. The maximum absolute atomic E-state index is 5.83. The number of ether oxygens (including phenoxy) is 1. The minimum absolute atomic E-state index is 0.454. The molecule has 4 rings (SSSR count). The van der Waals surface area contributed by atoms with Crippen LogP contribution in [0.4, 0.5) is 17.5 Å². The first kappa shape index (κ1) is 19.4. The Bertz CT molecular complexity index is 1060. The third-order valence-electron chi connectivity index (χ3n) is 4.56. The molecule has 6 heteroatoms. The van der Waals surface area contributed by atoms with Crippen LogP contribution in [-0.4, -0.2) is 21.7 Å². The van der Waals surface area contributed by atoms with Crippen LogP contribution >= 0.6 is 0 Å². The molecule has 4 aromatic rings. The van der Waals surface area contributed by atoms with Crippen molar-refractivity contribution in [2.75, 3.05) is 16.8 Å². The summed E-state index contributed by atoms with van der Waals surface area (Å²) in [6, 6.07) is 27.7. The predicted molar refractivity (Wildman–Crippen MR) is 119 cm³/mol. The summed E-state index contributed by atoms with van der Waals surface area (Å²) in [5, 5.41) is 11.5. The topological polar surface area (TPSA) is 63.2 Å². The van der Waals surface area contributed by atoms with Crippen molar-refractivity contribution in [1.82, 2.24) is 15.2 Å². The van der Waals surface area contributed by atoms with Crippen LogP contribution in [0.15, 0.2) is 91.1 Å². The highest BCUT2D eigenvalue weighted by Crippen LogP contribution is 2.24. The van der Waals surface area contributed by atoms with Crippen molar-refractivity contribution in [2.45, 2.75) is 13.5 Å². The van der Waals surface area contributed by atoms with E-state index in [4.69, 9.17) is 4.74 Å². The minimum Gasteiger partial charge on any atom is -0.457 e. The zero-order chi connectivity index (χ0) is 20.6. The second-order valence-electron chi connectivity index (χ2n) is 6.70. The first-order chi connectivity index (χ1) is 14.8. The summed E-state index contributed by atoms with van der Waals surface area (Å²) in [4.78, 5) is 6.79. The summed E-state index contributed by atoms with van der Waals surface area (Å²) in [5.74, 6) is 2.80. The summed E-state index contributed by atoms with van der Waals surface area (Å²) in [6.45, 7) is 3.68. The number of aromatic nitrogens is 3. The van der Waals surface area contributed by atoms with Crippen LogP contribution in [0, 0.1) is 0 Å². The Labute approximate surface area is 176 Å². The van der Waals surface area contributed by atoms with Crippen LogP contribution in [0.2, 0.25) is 0 Å². The van der Waals surface area contributed by atoms with Gasteiger partial charge in [0.1, 0.15) is 11.5 Å². The van der Waals surface area contributed by atoms with Crippen molar-refractivity contribution in [1.29, 1.82) is 0 Å². The molecule has 0 saturated heterocycles. The van der Waals surface area contributed by atoms with E-state index in [1.165, 1.54) is 5.56 Å². The molecule has 30 heavy (non-hydrogen) atoms. The summed E-state index contributed by atoms with van der Waals surface area (Å²) >= 11 is 0. The number of hydrogen-bond donors (Lipinski definition) is 1. The maximum Gasteiger partial charge on any atom is 0.249 e. The summed E-state index contributed by atoms with van der Waals surface area (Å²) in [5.41, 5.74) is 2.09. The molecule has 0 aliphatic heterocycles. The van der Waals surface area contributed by atoms with Gasteiger partial charge in [0.15, 0.2) is 5.82 Å². The molecular weight excluding hydrogens is 374 g/mol. The zero-order valence-corrected chi connectivity index (χ0v) is 16.8. The predicted octanol–water partition coefficient (Wildman–Crippen LogP) is 5.43. The number of anilines is 3. The second kappa shape index (κ2) is 9.52. The zero-order valence-electron chi connectivity index (χ0n) is 16.8. The lowest BCUT2D eigenvalue weighted by molar-refractivity contribution is 0.483. The van der Waals surface area contributed by atoms with Gasteiger partial charge in [-0.1, -0.05) is 48.5 Å². The molecule has 0 fully saturated rings. The van der Waals surface area contributed by atoms with E-state index in [1.807, 2.05) is 72.8 Å². The van der Waals surface area contributed by atoms with Gasteiger partial charge in [-0.3, -0.25) is 0 Å². The van der Waals surface area contributed by atoms with Gasteiger partial charge in [-0.2, -0.15) is 10.1 Å². The van der Waals surface area contributed by atoms with Crippen LogP contribution in [0.3, 0.4) is 0 Å². The van der Waals surface area contributed by atoms with E-state index < -0.39 is 0 Å². The number of nitrogens with zero attached hydrogens (tertiary/aromatic N) is 4. The SMILES string of the molecule is CCN(Cc1ccccc1)c1cnnc(Nc2ccc(Oc3ccccc3)cc2)n1. The first-order valence-corrected chi connectivity index (χ1v) is 9.89. The molecular formula is C24H23N5O. The van der Waals surface area contributed by atoms with E-state index in [9.17, 15) is 0 Å². The second-order valence-corrected chi connectivity index (χ2v) is 6.70. The molecule has 0 radical (unpaired) electrons. The Kier molecular flexibility index (Phi) is 6.15. The van der Waals surface area contributed by atoms with Crippen LogP contribution in [0.25, 0.3) is 0 Å². The lowest BCUT2D eigenvalue weighted by Crippen LogP contribution is -2.23. The Morgan fingerprint density at radius 3 is 2.20 bits per heavy atom. The van der Waals surface area contributed by atoms with Crippen molar-refractivity contribution >= 4 is 17.5 Å². The molecule has 0 aliphatic carbocycles. The molecule has 0 aliphatic rings. The molecule has 3 aromatic carbocycles. The number of hydrogen-bond acceptors (Lipinski definition) is 6. The standard InChI is InChI=1S/C24H23N5O/c1-2-29(18-19-9-5-3-6-10-19)23-17-25-28-24(27-23)26-20-13-15-22(16-14-20)30-21-11-7-4-8-12-21/h3-17H,2,18H2,1H3,(H,26,27,28). The molecule has 0 saturated carbocycles. The highest BCUT2D eigenvalue weighted by atomic mass is 16.5.